The van der Waals surface area contributed by atoms with Crippen LogP contribution in [0.3, 0.4) is 0 Å². The topological polar surface area (TPSA) is 73.1 Å². The van der Waals surface area contributed by atoms with Crippen molar-refractivity contribution in [1.82, 2.24) is 5.32 Å². The van der Waals surface area contributed by atoms with Crippen molar-refractivity contribution in [1.29, 1.82) is 5.26 Å². The van der Waals surface area contributed by atoms with Gasteiger partial charge in [-0.25, -0.2) is 0 Å². The molecular weight excluding hydrogens is 216 g/mol. The number of carbonyl (C=O) groups is 1. The minimum atomic E-state index is -0.658. The zero-order valence-electron chi connectivity index (χ0n) is 10.1. The third kappa shape index (κ3) is 3.19. The Morgan fingerprint density at radius 1 is 1.47 bits per heavy atom. The number of carboxylic acid groups (broad SMARTS) is 1. The first-order valence-corrected chi connectivity index (χ1v) is 6.48. The predicted octanol–water partition coefficient (Wildman–Crippen LogP) is 1.91. The summed E-state index contributed by atoms with van der Waals surface area (Å²) in [6.07, 6.45) is 6.56. The quantitative estimate of drug-likeness (QED) is 0.764. The zero-order valence-corrected chi connectivity index (χ0v) is 10.1. The molecule has 4 nitrogen and oxygen atoms in total. The van der Waals surface area contributed by atoms with Crippen LogP contribution in [0.4, 0.5) is 0 Å². The Morgan fingerprint density at radius 2 is 2.24 bits per heavy atom. The molecule has 0 aliphatic heterocycles. The van der Waals surface area contributed by atoms with Gasteiger partial charge in [-0.05, 0) is 37.5 Å². The summed E-state index contributed by atoms with van der Waals surface area (Å²) in [5.74, 6) is -0.831. The van der Waals surface area contributed by atoms with Crippen molar-refractivity contribution in [2.24, 2.45) is 11.3 Å². The van der Waals surface area contributed by atoms with Gasteiger partial charge in [-0.2, -0.15) is 5.26 Å². The molecule has 4 heteroatoms. The molecule has 2 N–H and O–H groups in total. The number of nitriles is 1. The molecule has 0 amide bonds. The summed E-state index contributed by atoms with van der Waals surface area (Å²) in [5, 5.41) is 21.2. The van der Waals surface area contributed by atoms with Gasteiger partial charge in [0.05, 0.1) is 12.0 Å². The van der Waals surface area contributed by atoms with Crippen LogP contribution in [0.5, 0.6) is 0 Å². The normalized spacial score (nSPS) is 30.5. The largest absolute Gasteiger partial charge is 0.481 e. The lowest BCUT2D eigenvalue weighted by Crippen LogP contribution is -2.39. The summed E-state index contributed by atoms with van der Waals surface area (Å²) in [6.45, 7) is 0.886. The van der Waals surface area contributed by atoms with Crippen molar-refractivity contribution < 1.29 is 9.90 Å². The van der Waals surface area contributed by atoms with E-state index in [9.17, 15) is 4.79 Å². The fraction of sp³-hybridized carbons (Fsp3) is 0.846. The fourth-order valence-electron chi connectivity index (χ4n) is 2.72. The molecule has 0 aromatic carbocycles. The van der Waals surface area contributed by atoms with Gasteiger partial charge in [-0.1, -0.05) is 6.42 Å². The molecule has 2 aliphatic rings. The van der Waals surface area contributed by atoms with E-state index in [1.54, 1.807) is 0 Å². The average Bonchev–Trinajstić information content (AvgIpc) is 3.08. The van der Waals surface area contributed by atoms with E-state index < -0.39 is 5.97 Å². The third-order valence-corrected chi connectivity index (χ3v) is 4.20. The molecule has 0 heterocycles. The Labute approximate surface area is 102 Å². The van der Waals surface area contributed by atoms with Crippen LogP contribution >= 0.6 is 0 Å². The number of rotatable bonds is 5. The number of hydrogen-bond acceptors (Lipinski definition) is 3. The smallest absolute Gasteiger partial charge is 0.306 e. The first-order valence-electron chi connectivity index (χ1n) is 6.48. The molecule has 0 radical (unpaired) electrons. The molecule has 2 rings (SSSR count). The molecule has 0 aromatic rings. The minimum Gasteiger partial charge on any atom is -0.481 e. The number of carboxylic acids is 1. The molecule has 2 unspecified atom stereocenters. The summed E-state index contributed by atoms with van der Waals surface area (Å²) >= 11 is 0. The van der Waals surface area contributed by atoms with Crippen LogP contribution in [0.15, 0.2) is 0 Å². The van der Waals surface area contributed by atoms with Gasteiger partial charge in [-0.15, -0.1) is 0 Å². The van der Waals surface area contributed by atoms with Crippen LogP contribution in [0.1, 0.15) is 44.9 Å². The summed E-state index contributed by atoms with van der Waals surface area (Å²) in [6, 6.07) is 2.59. The maximum absolute atomic E-state index is 10.9. The molecule has 94 valence electrons. The number of aliphatic carboxylic acids is 1. The number of hydrogen-bond donors (Lipinski definition) is 2. The Kier molecular flexibility index (Phi) is 3.68. The Bertz CT molecular complexity index is 331. The average molecular weight is 236 g/mol. The van der Waals surface area contributed by atoms with Gasteiger partial charge in [0, 0.05) is 19.0 Å². The second-order valence-corrected chi connectivity index (χ2v) is 5.61. The van der Waals surface area contributed by atoms with Crippen molar-refractivity contribution >= 4 is 5.97 Å². The highest BCUT2D eigenvalue weighted by Gasteiger charge is 2.42. The predicted molar refractivity (Wildman–Crippen MR) is 63.3 cm³/mol. The SMILES string of the molecule is N#CCC1(CNC2CCCC(C(=O)O)C2)CC1. The van der Waals surface area contributed by atoms with Crippen LogP contribution in [-0.4, -0.2) is 23.7 Å². The van der Waals surface area contributed by atoms with Gasteiger partial charge in [0.15, 0.2) is 0 Å². The van der Waals surface area contributed by atoms with E-state index in [1.807, 2.05) is 0 Å². The first-order chi connectivity index (χ1) is 8.15. The van der Waals surface area contributed by atoms with Gasteiger partial charge in [-0.3, -0.25) is 4.79 Å². The maximum Gasteiger partial charge on any atom is 0.306 e. The summed E-state index contributed by atoms with van der Waals surface area (Å²) < 4.78 is 0. The lowest BCUT2D eigenvalue weighted by atomic mass is 9.85. The Morgan fingerprint density at radius 3 is 2.82 bits per heavy atom. The van der Waals surface area contributed by atoms with Crippen molar-refractivity contribution in [2.45, 2.75) is 51.0 Å². The van der Waals surface area contributed by atoms with Gasteiger partial charge in [0.2, 0.25) is 0 Å². The van der Waals surface area contributed by atoms with Crippen LogP contribution in [0.2, 0.25) is 0 Å². The van der Waals surface area contributed by atoms with Crippen molar-refractivity contribution in [2.75, 3.05) is 6.54 Å². The third-order valence-electron chi connectivity index (χ3n) is 4.20. The standard InChI is InChI=1S/C13H20N2O2/c14-7-6-13(4-5-13)9-15-11-3-1-2-10(8-11)12(16)17/h10-11,15H,1-6,8-9H2,(H,16,17). The summed E-state index contributed by atoms with van der Waals surface area (Å²) in [7, 11) is 0. The Hall–Kier alpha value is -1.08. The van der Waals surface area contributed by atoms with Gasteiger partial charge in [0.25, 0.3) is 0 Å². The zero-order chi connectivity index (χ0) is 12.3. The molecule has 0 saturated heterocycles. The van der Waals surface area contributed by atoms with Gasteiger partial charge >= 0.3 is 5.97 Å². The lowest BCUT2D eigenvalue weighted by molar-refractivity contribution is -0.143. The summed E-state index contributed by atoms with van der Waals surface area (Å²) in [4.78, 5) is 10.9. The van der Waals surface area contributed by atoms with Crippen LogP contribution < -0.4 is 5.32 Å². The highest BCUT2D eigenvalue weighted by Crippen LogP contribution is 2.48. The second-order valence-electron chi connectivity index (χ2n) is 5.61. The molecule has 2 aliphatic carbocycles. The Balaban J connectivity index is 1.76. The number of nitrogens with one attached hydrogen (secondary N) is 1. The molecule has 2 atom stereocenters. The molecular formula is C13H20N2O2. The lowest BCUT2D eigenvalue weighted by Gasteiger charge is -2.28. The van der Waals surface area contributed by atoms with Crippen molar-refractivity contribution in [3.05, 3.63) is 0 Å². The van der Waals surface area contributed by atoms with Gasteiger partial charge < -0.3 is 10.4 Å². The summed E-state index contributed by atoms with van der Waals surface area (Å²) in [5.41, 5.74) is 0.213. The van der Waals surface area contributed by atoms with Crippen molar-refractivity contribution in [3.63, 3.8) is 0 Å². The van der Waals surface area contributed by atoms with E-state index in [1.165, 1.54) is 0 Å². The molecule has 0 aromatic heterocycles. The van der Waals surface area contributed by atoms with Crippen molar-refractivity contribution in [3.8, 4) is 6.07 Å². The molecule has 2 fully saturated rings. The van der Waals surface area contributed by atoms with E-state index in [0.717, 1.165) is 45.1 Å². The van der Waals surface area contributed by atoms with E-state index in [4.69, 9.17) is 10.4 Å². The molecule has 0 spiro atoms. The van der Waals surface area contributed by atoms with Crippen LogP contribution in [0.25, 0.3) is 0 Å². The van der Waals surface area contributed by atoms with E-state index in [0.29, 0.717) is 12.5 Å². The van der Waals surface area contributed by atoms with Crippen LogP contribution in [0, 0.1) is 22.7 Å². The molecule has 17 heavy (non-hydrogen) atoms. The first kappa shape index (κ1) is 12.4. The minimum absolute atomic E-state index is 0.174. The molecule has 0 bridgehead atoms. The molecule has 2 saturated carbocycles. The fourth-order valence-corrected chi connectivity index (χ4v) is 2.72. The number of nitrogens with zero attached hydrogens (tertiary/aromatic N) is 1. The van der Waals surface area contributed by atoms with Crippen LogP contribution in [-0.2, 0) is 4.79 Å². The second kappa shape index (κ2) is 5.05. The van der Waals surface area contributed by atoms with E-state index in [-0.39, 0.29) is 11.3 Å². The van der Waals surface area contributed by atoms with E-state index >= 15 is 0 Å². The van der Waals surface area contributed by atoms with E-state index in [2.05, 4.69) is 11.4 Å². The highest BCUT2D eigenvalue weighted by atomic mass is 16.4. The highest BCUT2D eigenvalue weighted by molar-refractivity contribution is 5.70. The van der Waals surface area contributed by atoms with Gasteiger partial charge in [0.1, 0.15) is 0 Å². The monoisotopic (exact) mass is 236 g/mol. The maximum atomic E-state index is 10.9.